The Hall–Kier alpha value is -1.08. The van der Waals surface area contributed by atoms with E-state index in [4.69, 9.17) is 0 Å². The number of benzene rings is 1. The van der Waals surface area contributed by atoms with Crippen molar-refractivity contribution in [2.24, 2.45) is 0 Å². The van der Waals surface area contributed by atoms with Crippen LogP contribution in [0.2, 0.25) is 0 Å². The molecule has 0 aliphatic rings. The van der Waals surface area contributed by atoms with E-state index in [-0.39, 0.29) is 0 Å². The first-order valence-electron chi connectivity index (χ1n) is 4.02. The fourth-order valence-corrected chi connectivity index (χ4v) is 1.16. The first kappa shape index (κ1) is 9.01. The number of hydrogen-bond acceptors (Lipinski definition) is 1. The molecule has 0 bridgehead atoms. The molecule has 1 N–H and O–H groups in total. The van der Waals surface area contributed by atoms with Gasteiger partial charge in [0.2, 0.25) is 0 Å². The van der Waals surface area contributed by atoms with Crippen LogP contribution in [-0.2, 0) is 0 Å². The van der Waals surface area contributed by atoms with Crippen LogP contribution in [0.15, 0.2) is 36.4 Å². The minimum atomic E-state index is -0.522. The van der Waals surface area contributed by atoms with Gasteiger partial charge < -0.3 is 5.11 Å². The van der Waals surface area contributed by atoms with Crippen molar-refractivity contribution in [3.63, 3.8) is 0 Å². The number of aliphatic hydroxyl groups excluding tert-OH is 1. The maximum Gasteiger partial charge on any atom is 0.0998 e. The zero-order valence-electron chi connectivity index (χ0n) is 7.54. The number of rotatable bonds is 2. The van der Waals surface area contributed by atoms with Crippen molar-refractivity contribution >= 4 is 0 Å². The van der Waals surface area contributed by atoms with Gasteiger partial charge in [0.1, 0.15) is 0 Å². The lowest BCUT2D eigenvalue weighted by Gasteiger charge is -2.12. The van der Waals surface area contributed by atoms with Gasteiger partial charge >= 0.3 is 0 Å². The third-order valence-corrected chi connectivity index (χ3v) is 1.95. The lowest BCUT2D eigenvalue weighted by Crippen LogP contribution is -1.99. The topological polar surface area (TPSA) is 20.2 Å². The highest BCUT2D eigenvalue weighted by molar-refractivity contribution is 5.31. The molecule has 0 radical (unpaired) electrons. The molecule has 12 heavy (non-hydrogen) atoms. The Balaban J connectivity index is 3.02. The van der Waals surface area contributed by atoms with Crippen molar-refractivity contribution < 1.29 is 5.11 Å². The summed E-state index contributed by atoms with van der Waals surface area (Å²) in [6.07, 6.45) is -0.522. The normalized spacial score (nSPS) is 12.6. The smallest absolute Gasteiger partial charge is 0.0998 e. The molecule has 64 valence electrons. The lowest BCUT2D eigenvalue weighted by atomic mass is 9.99. The summed E-state index contributed by atoms with van der Waals surface area (Å²) in [4.78, 5) is 0. The molecule has 0 aliphatic carbocycles. The molecule has 1 nitrogen and oxygen atoms in total. The highest BCUT2D eigenvalue weighted by Gasteiger charge is 2.08. The van der Waals surface area contributed by atoms with Crippen molar-refractivity contribution in [2.45, 2.75) is 20.0 Å². The molecule has 0 amide bonds. The van der Waals surface area contributed by atoms with E-state index in [0.717, 1.165) is 16.7 Å². The van der Waals surface area contributed by atoms with E-state index in [2.05, 4.69) is 6.58 Å². The molecule has 0 saturated carbocycles. The number of aryl methyl sites for hydroxylation is 1. The molecule has 1 aromatic carbocycles. The summed E-state index contributed by atoms with van der Waals surface area (Å²) < 4.78 is 0. The molecule has 1 rings (SSSR count). The minimum absolute atomic E-state index is 0.522. The Morgan fingerprint density at radius 2 is 2.00 bits per heavy atom. The van der Waals surface area contributed by atoms with Crippen LogP contribution < -0.4 is 0 Å². The first-order valence-corrected chi connectivity index (χ1v) is 4.02. The van der Waals surface area contributed by atoms with Gasteiger partial charge in [-0.15, -0.1) is 0 Å². The van der Waals surface area contributed by atoms with Gasteiger partial charge in [0.25, 0.3) is 0 Å². The molecule has 0 heterocycles. The number of aliphatic hydroxyl groups is 1. The Morgan fingerprint density at radius 3 is 2.50 bits per heavy atom. The van der Waals surface area contributed by atoms with Crippen LogP contribution in [0.4, 0.5) is 0 Å². The standard InChI is InChI=1S/C11H14O/c1-8(2)11(12)10-7-5-4-6-9(10)3/h4-7,11-12H,1H2,2-3H3/t11-/m1/s1. The summed E-state index contributed by atoms with van der Waals surface area (Å²) in [7, 11) is 0. The average molecular weight is 162 g/mol. The molecule has 0 aliphatic heterocycles. The molecule has 0 saturated heterocycles. The lowest BCUT2D eigenvalue weighted by molar-refractivity contribution is 0.215. The van der Waals surface area contributed by atoms with E-state index in [1.54, 1.807) is 0 Å². The number of hydrogen-bond donors (Lipinski definition) is 1. The van der Waals surface area contributed by atoms with Gasteiger partial charge in [0.05, 0.1) is 6.10 Å². The molecule has 0 aromatic heterocycles. The largest absolute Gasteiger partial charge is 0.384 e. The predicted molar refractivity (Wildman–Crippen MR) is 51.0 cm³/mol. The zero-order valence-corrected chi connectivity index (χ0v) is 7.54. The second-order valence-electron chi connectivity index (χ2n) is 3.11. The maximum absolute atomic E-state index is 9.68. The summed E-state index contributed by atoms with van der Waals surface area (Å²) in [6.45, 7) is 7.54. The first-order chi connectivity index (χ1) is 5.63. The molecule has 0 unspecified atom stereocenters. The molecule has 0 spiro atoms. The quantitative estimate of drug-likeness (QED) is 0.663. The van der Waals surface area contributed by atoms with Crippen molar-refractivity contribution in [1.82, 2.24) is 0 Å². The van der Waals surface area contributed by atoms with Crippen LogP contribution in [0.5, 0.6) is 0 Å². The SMILES string of the molecule is C=C(C)[C@@H](O)c1ccccc1C. The van der Waals surface area contributed by atoms with Crippen LogP contribution in [0.1, 0.15) is 24.2 Å². The van der Waals surface area contributed by atoms with Crippen LogP contribution in [0.25, 0.3) is 0 Å². The van der Waals surface area contributed by atoms with Gasteiger partial charge in [-0.3, -0.25) is 0 Å². The molecular weight excluding hydrogens is 148 g/mol. The minimum Gasteiger partial charge on any atom is -0.384 e. The molecule has 0 fully saturated rings. The summed E-state index contributed by atoms with van der Waals surface area (Å²) in [6, 6.07) is 7.80. The van der Waals surface area contributed by atoms with E-state index in [9.17, 15) is 5.11 Å². The third-order valence-electron chi connectivity index (χ3n) is 1.95. The van der Waals surface area contributed by atoms with Gasteiger partial charge in [-0.1, -0.05) is 30.8 Å². The predicted octanol–water partition coefficient (Wildman–Crippen LogP) is 2.60. The summed E-state index contributed by atoms with van der Waals surface area (Å²) in [5.41, 5.74) is 2.84. The van der Waals surface area contributed by atoms with E-state index >= 15 is 0 Å². The van der Waals surface area contributed by atoms with Crippen molar-refractivity contribution in [3.05, 3.63) is 47.5 Å². The van der Waals surface area contributed by atoms with E-state index < -0.39 is 6.10 Å². The Kier molecular flexibility index (Phi) is 2.66. The molecule has 1 aromatic rings. The van der Waals surface area contributed by atoms with Gasteiger partial charge in [-0.25, -0.2) is 0 Å². The summed E-state index contributed by atoms with van der Waals surface area (Å²) in [5, 5.41) is 9.68. The van der Waals surface area contributed by atoms with Crippen molar-refractivity contribution in [3.8, 4) is 0 Å². The van der Waals surface area contributed by atoms with E-state index in [0.29, 0.717) is 0 Å². The molecular formula is C11H14O. The van der Waals surface area contributed by atoms with Crippen LogP contribution in [0.3, 0.4) is 0 Å². The molecule has 1 atom stereocenters. The van der Waals surface area contributed by atoms with Crippen LogP contribution >= 0.6 is 0 Å². The van der Waals surface area contributed by atoms with Crippen molar-refractivity contribution in [2.75, 3.05) is 0 Å². The highest BCUT2D eigenvalue weighted by Crippen LogP contribution is 2.22. The van der Waals surface area contributed by atoms with Gasteiger partial charge in [0, 0.05) is 0 Å². The average Bonchev–Trinajstić information content (AvgIpc) is 2.04. The van der Waals surface area contributed by atoms with Crippen LogP contribution in [0, 0.1) is 6.92 Å². The summed E-state index contributed by atoms with van der Waals surface area (Å²) in [5.74, 6) is 0. The Morgan fingerprint density at radius 1 is 1.42 bits per heavy atom. The Bertz CT molecular complexity index is 289. The second-order valence-corrected chi connectivity index (χ2v) is 3.11. The fraction of sp³-hybridized carbons (Fsp3) is 0.273. The van der Waals surface area contributed by atoms with Crippen LogP contribution in [-0.4, -0.2) is 5.11 Å². The summed E-state index contributed by atoms with van der Waals surface area (Å²) >= 11 is 0. The second kappa shape index (κ2) is 3.55. The highest BCUT2D eigenvalue weighted by atomic mass is 16.3. The van der Waals surface area contributed by atoms with E-state index in [1.165, 1.54) is 0 Å². The zero-order chi connectivity index (χ0) is 9.14. The van der Waals surface area contributed by atoms with Gasteiger partial charge in [0.15, 0.2) is 0 Å². The maximum atomic E-state index is 9.68. The Labute approximate surface area is 73.4 Å². The van der Waals surface area contributed by atoms with Crippen molar-refractivity contribution in [1.29, 1.82) is 0 Å². The third kappa shape index (κ3) is 1.74. The van der Waals surface area contributed by atoms with Gasteiger partial charge in [-0.2, -0.15) is 0 Å². The molecule has 1 heteroatoms. The van der Waals surface area contributed by atoms with Gasteiger partial charge in [-0.05, 0) is 30.5 Å². The monoisotopic (exact) mass is 162 g/mol. The fourth-order valence-electron chi connectivity index (χ4n) is 1.16. The van der Waals surface area contributed by atoms with E-state index in [1.807, 2.05) is 38.1 Å².